The summed E-state index contributed by atoms with van der Waals surface area (Å²) in [5, 5.41) is 3.04. The zero-order chi connectivity index (χ0) is 30.2. The molecule has 0 aliphatic carbocycles. The van der Waals surface area contributed by atoms with E-state index in [0.29, 0.717) is 29.9 Å². The van der Waals surface area contributed by atoms with Gasteiger partial charge in [-0.1, -0.05) is 54.6 Å². The van der Waals surface area contributed by atoms with Gasteiger partial charge in [-0.2, -0.15) is 0 Å². The highest BCUT2D eigenvalue weighted by atomic mass is 19.1. The molecule has 4 aromatic rings. The van der Waals surface area contributed by atoms with Crippen LogP contribution in [0, 0.1) is 11.6 Å². The molecule has 4 aromatic carbocycles. The normalized spacial score (nSPS) is 13.2. The molecule has 2 amide bonds. The maximum Gasteiger partial charge on any atom is 0.258 e. The molecule has 1 heterocycles. The lowest BCUT2D eigenvalue weighted by molar-refractivity contribution is 0.0984. The quantitative estimate of drug-likeness (QED) is 0.220. The third kappa shape index (κ3) is 7.05. The molecule has 1 aliphatic rings. The number of carbonyl (C=O) groups excluding carboxylic acids is 3. The highest BCUT2D eigenvalue weighted by Crippen LogP contribution is 2.34. The number of piperidine rings is 1. The van der Waals surface area contributed by atoms with E-state index in [1.165, 1.54) is 11.0 Å². The first-order valence-corrected chi connectivity index (χ1v) is 14.2. The van der Waals surface area contributed by atoms with Crippen LogP contribution in [0.2, 0.25) is 0 Å². The number of para-hydroxylation sites is 1. The van der Waals surface area contributed by atoms with Crippen molar-refractivity contribution in [3.05, 3.63) is 137 Å². The van der Waals surface area contributed by atoms with Crippen LogP contribution in [0.1, 0.15) is 51.5 Å². The molecule has 1 fully saturated rings. The Kier molecular flexibility index (Phi) is 9.39. The monoisotopic (exact) mass is 579 g/mol. The first kappa shape index (κ1) is 29.4. The van der Waals surface area contributed by atoms with Gasteiger partial charge in [0, 0.05) is 48.9 Å². The molecule has 0 spiro atoms. The van der Waals surface area contributed by atoms with Gasteiger partial charge < -0.3 is 15.1 Å². The van der Waals surface area contributed by atoms with Crippen molar-refractivity contribution in [2.24, 2.45) is 0 Å². The van der Waals surface area contributed by atoms with Gasteiger partial charge in [-0.3, -0.25) is 9.59 Å². The molecule has 0 aromatic heterocycles. The molecule has 1 saturated heterocycles. The van der Waals surface area contributed by atoms with Crippen molar-refractivity contribution in [1.29, 1.82) is 0 Å². The second kappa shape index (κ2) is 13.7. The summed E-state index contributed by atoms with van der Waals surface area (Å²) >= 11 is 0. The van der Waals surface area contributed by atoms with Crippen LogP contribution in [0.4, 0.5) is 20.2 Å². The standard InChI is InChI=1S/C35H31F2N3O3/c36-28-15-16-33(31(37)23-28)40(35(43)27-11-5-2-6-12-27)22-19-29(24-41)39-20-17-25(18-21-39)30-13-7-8-14-32(30)38-34(42)26-9-3-1-4-10-26/h1-16,23,25H,17-22H2,(H,38,42). The topological polar surface area (TPSA) is 69.7 Å². The Balaban J connectivity index is 1.26. The number of halogens is 2. The molecule has 0 unspecified atom stereocenters. The number of amides is 2. The molecule has 8 heteroatoms. The highest BCUT2D eigenvalue weighted by Gasteiger charge is 2.27. The van der Waals surface area contributed by atoms with Gasteiger partial charge >= 0.3 is 0 Å². The molecule has 218 valence electrons. The van der Waals surface area contributed by atoms with Gasteiger partial charge in [-0.15, -0.1) is 0 Å². The molecule has 5 rings (SSSR count). The molecule has 1 aliphatic heterocycles. The van der Waals surface area contributed by atoms with Crippen molar-refractivity contribution in [3.8, 4) is 0 Å². The van der Waals surface area contributed by atoms with E-state index < -0.39 is 17.5 Å². The molecule has 0 bridgehead atoms. The van der Waals surface area contributed by atoms with E-state index in [-0.39, 0.29) is 30.5 Å². The lowest BCUT2D eigenvalue weighted by Crippen LogP contribution is -2.37. The molecule has 1 N–H and O–H groups in total. The first-order valence-electron chi connectivity index (χ1n) is 14.2. The number of likely N-dealkylation sites (tertiary alicyclic amines) is 1. The number of benzene rings is 4. The molecule has 43 heavy (non-hydrogen) atoms. The minimum atomic E-state index is -0.861. The molecule has 0 radical (unpaired) electrons. The number of anilines is 2. The summed E-state index contributed by atoms with van der Waals surface area (Å²) in [5.41, 5.74) is 3.05. The van der Waals surface area contributed by atoms with E-state index in [9.17, 15) is 23.2 Å². The summed E-state index contributed by atoms with van der Waals surface area (Å²) in [6, 6.07) is 28.3. The largest absolute Gasteiger partial charge is 0.366 e. The average molecular weight is 580 g/mol. The van der Waals surface area contributed by atoms with Crippen molar-refractivity contribution < 1.29 is 23.2 Å². The van der Waals surface area contributed by atoms with E-state index in [4.69, 9.17) is 0 Å². The zero-order valence-corrected chi connectivity index (χ0v) is 23.5. The fourth-order valence-electron chi connectivity index (χ4n) is 5.47. The molecule has 6 nitrogen and oxygen atoms in total. The number of rotatable bonds is 9. The van der Waals surface area contributed by atoms with E-state index in [2.05, 4.69) is 5.32 Å². The van der Waals surface area contributed by atoms with Crippen LogP contribution in [-0.4, -0.2) is 42.3 Å². The lowest BCUT2D eigenvalue weighted by Gasteiger charge is -2.35. The predicted octanol–water partition coefficient (Wildman–Crippen LogP) is 6.85. The Hall–Kier alpha value is -5.07. The lowest BCUT2D eigenvalue weighted by atomic mass is 9.88. The summed E-state index contributed by atoms with van der Waals surface area (Å²) < 4.78 is 28.4. The van der Waals surface area contributed by atoms with Crippen molar-refractivity contribution in [2.45, 2.75) is 25.2 Å². The smallest absolute Gasteiger partial charge is 0.258 e. The van der Waals surface area contributed by atoms with Gasteiger partial charge in [0.25, 0.3) is 11.8 Å². The molecular formula is C35H31F2N3O3. The van der Waals surface area contributed by atoms with Crippen LogP contribution >= 0.6 is 0 Å². The Bertz CT molecular complexity index is 1630. The third-order valence-electron chi connectivity index (χ3n) is 7.72. The minimum absolute atomic E-state index is 0.00906. The number of hydrogen-bond donors (Lipinski definition) is 1. The van der Waals surface area contributed by atoms with Gasteiger partial charge in [0.15, 0.2) is 0 Å². The van der Waals surface area contributed by atoms with E-state index >= 15 is 0 Å². The van der Waals surface area contributed by atoms with Crippen molar-refractivity contribution in [1.82, 2.24) is 4.90 Å². The number of carbonyl (C=O) groups is 2. The Labute approximate surface area is 249 Å². The first-order chi connectivity index (χ1) is 20.9. The van der Waals surface area contributed by atoms with Crippen molar-refractivity contribution >= 4 is 29.1 Å². The Morgan fingerprint density at radius 3 is 2.12 bits per heavy atom. The SMILES string of the molecule is O=C=C(CCN(C(=O)c1ccccc1)c1ccc(F)cc1F)N1CCC(c2ccccc2NC(=O)c2ccccc2)CC1. The van der Waals surface area contributed by atoms with Crippen LogP contribution in [0.3, 0.4) is 0 Å². The van der Waals surface area contributed by atoms with Gasteiger partial charge in [0.2, 0.25) is 0 Å². The number of hydrogen-bond acceptors (Lipinski definition) is 4. The maximum absolute atomic E-state index is 14.8. The molecule has 0 atom stereocenters. The second-order valence-corrected chi connectivity index (χ2v) is 10.4. The fraction of sp³-hybridized carbons (Fsp3) is 0.200. The molecule has 0 saturated carbocycles. The maximum atomic E-state index is 14.8. The summed E-state index contributed by atoms with van der Waals surface area (Å²) in [5.74, 6) is -0.0346. The van der Waals surface area contributed by atoms with Crippen LogP contribution < -0.4 is 10.2 Å². The Morgan fingerprint density at radius 2 is 1.47 bits per heavy atom. The molecular weight excluding hydrogens is 548 g/mol. The Morgan fingerprint density at radius 1 is 0.837 bits per heavy atom. The summed E-state index contributed by atoms with van der Waals surface area (Å²) in [6.07, 6.45) is 1.62. The van der Waals surface area contributed by atoms with Gasteiger partial charge in [-0.05, 0) is 66.8 Å². The highest BCUT2D eigenvalue weighted by molar-refractivity contribution is 6.06. The average Bonchev–Trinajstić information content (AvgIpc) is 3.05. The van der Waals surface area contributed by atoms with Gasteiger partial charge in [0.1, 0.15) is 23.3 Å². The summed E-state index contributed by atoms with van der Waals surface area (Å²) in [4.78, 5) is 41.4. The van der Waals surface area contributed by atoms with Crippen LogP contribution in [0.5, 0.6) is 0 Å². The summed E-state index contributed by atoms with van der Waals surface area (Å²) in [6.45, 7) is 1.16. The second-order valence-electron chi connectivity index (χ2n) is 10.4. The summed E-state index contributed by atoms with van der Waals surface area (Å²) in [7, 11) is 0. The fourth-order valence-corrected chi connectivity index (χ4v) is 5.47. The predicted molar refractivity (Wildman–Crippen MR) is 163 cm³/mol. The van der Waals surface area contributed by atoms with Crippen molar-refractivity contribution in [3.63, 3.8) is 0 Å². The van der Waals surface area contributed by atoms with Crippen LogP contribution in [0.25, 0.3) is 0 Å². The van der Waals surface area contributed by atoms with Crippen LogP contribution in [0.15, 0.2) is 109 Å². The van der Waals surface area contributed by atoms with E-state index in [1.54, 1.807) is 42.5 Å². The number of nitrogens with zero attached hydrogens (tertiary/aromatic N) is 2. The van der Waals surface area contributed by atoms with Crippen LogP contribution in [-0.2, 0) is 4.79 Å². The van der Waals surface area contributed by atoms with Gasteiger partial charge in [0.05, 0.1) is 5.69 Å². The van der Waals surface area contributed by atoms with E-state index in [1.807, 2.05) is 53.3 Å². The third-order valence-corrected chi connectivity index (χ3v) is 7.72. The van der Waals surface area contributed by atoms with Crippen molar-refractivity contribution in [2.75, 3.05) is 29.9 Å². The van der Waals surface area contributed by atoms with E-state index in [0.717, 1.165) is 36.2 Å². The minimum Gasteiger partial charge on any atom is -0.366 e. The van der Waals surface area contributed by atoms with Gasteiger partial charge in [-0.25, -0.2) is 13.6 Å². The number of nitrogens with one attached hydrogen (secondary N) is 1. The zero-order valence-electron chi connectivity index (χ0n) is 23.5.